The largest absolute Gasteiger partial charge is 0.373 e. The molecule has 2 aliphatic rings. The molecule has 0 saturated carbocycles. The van der Waals surface area contributed by atoms with Gasteiger partial charge < -0.3 is 10.1 Å². The van der Waals surface area contributed by atoms with Gasteiger partial charge in [0.1, 0.15) is 0 Å². The van der Waals surface area contributed by atoms with Gasteiger partial charge in [-0.15, -0.1) is 0 Å². The van der Waals surface area contributed by atoms with Gasteiger partial charge in [-0.2, -0.15) is 0 Å². The Morgan fingerprint density at radius 1 is 1.44 bits per heavy atom. The highest BCUT2D eigenvalue weighted by atomic mass is 16.5. The van der Waals surface area contributed by atoms with E-state index in [1.54, 1.807) is 0 Å². The first-order valence-corrected chi connectivity index (χ1v) is 9.24. The number of carbonyl (C=O) groups excluding carboxylic acids is 1. The third kappa shape index (κ3) is 4.47. The van der Waals surface area contributed by atoms with Crippen LogP contribution in [-0.2, 0) is 16.1 Å². The zero-order valence-corrected chi connectivity index (χ0v) is 15.3. The van der Waals surface area contributed by atoms with Gasteiger partial charge in [0.25, 0.3) is 0 Å². The lowest BCUT2D eigenvalue weighted by atomic mass is 9.91. The first-order chi connectivity index (χ1) is 12.0. The first-order valence-electron chi connectivity index (χ1n) is 9.24. The van der Waals surface area contributed by atoms with Crippen LogP contribution in [0.15, 0.2) is 36.5 Å². The Kier molecular flexibility index (Phi) is 5.86. The fourth-order valence-electron chi connectivity index (χ4n) is 3.94. The van der Waals surface area contributed by atoms with Gasteiger partial charge in [-0.3, -0.25) is 14.7 Å². The molecule has 1 N–H and O–H groups in total. The Morgan fingerprint density at radius 3 is 2.96 bits per heavy atom. The molecule has 0 aromatic carbocycles. The lowest BCUT2D eigenvalue weighted by Gasteiger charge is -2.37. The van der Waals surface area contributed by atoms with Crippen LogP contribution in [0.2, 0.25) is 0 Å². The second-order valence-electron chi connectivity index (χ2n) is 7.47. The first kappa shape index (κ1) is 18.1. The standard InChI is InChI=1S/C20H29N3O2/c1-14(2)19-17(8-11-25-19)20(24)22-18-7-10-23(12-15(18)3)13-16-6-4-5-9-21-16/h4-6,9,15,17-19H,1,7-8,10-13H2,2-3H3,(H,22,24)/t15?,17-,18?,19-/m1/s1. The van der Waals surface area contributed by atoms with Crippen molar-refractivity contribution in [3.05, 3.63) is 42.2 Å². The summed E-state index contributed by atoms with van der Waals surface area (Å²) in [5.41, 5.74) is 2.04. The van der Waals surface area contributed by atoms with Crippen LogP contribution in [0.25, 0.3) is 0 Å². The molecule has 5 nitrogen and oxygen atoms in total. The van der Waals surface area contributed by atoms with Gasteiger partial charge in [0.15, 0.2) is 0 Å². The normalized spacial score (nSPS) is 30.2. The molecule has 2 unspecified atom stereocenters. The van der Waals surface area contributed by atoms with Gasteiger partial charge in [-0.25, -0.2) is 0 Å². The van der Waals surface area contributed by atoms with Gasteiger partial charge in [-0.05, 0) is 37.8 Å². The Balaban J connectivity index is 1.51. The smallest absolute Gasteiger partial charge is 0.226 e. The molecule has 25 heavy (non-hydrogen) atoms. The molecule has 136 valence electrons. The molecular weight excluding hydrogens is 314 g/mol. The molecule has 3 rings (SSSR count). The van der Waals surface area contributed by atoms with Crippen LogP contribution in [0, 0.1) is 11.8 Å². The van der Waals surface area contributed by atoms with Crippen molar-refractivity contribution < 1.29 is 9.53 Å². The number of aromatic nitrogens is 1. The molecule has 0 bridgehead atoms. The summed E-state index contributed by atoms with van der Waals surface area (Å²) in [6.07, 6.45) is 3.48. The molecule has 2 fully saturated rings. The summed E-state index contributed by atoms with van der Waals surface area (Å²) < 4.78 is 5.67. The SMILES string of the molecule is C=C(C)[C@H]1OCC[C@H]1C(=O)NC1CCN(Cc2ccccn2)CC1C. The summed E-state index contributed by atoms with van der Waals surface area (Å²) in [6, 6.07) is 6.27. The molecule has 0 spiro atoms. The van der Waals surface area contributed by atoms with Crippen molar-refractivity contribution in [1.29, 1.82) is 0 Å². The number of carbonyl (C=O) groups is 1. The van der Waals surface area contributed by atoms with Crippen molar-refractivity contribution in [2.75, 3.05) is 19.7 Å². The molecular formula is C20H29N3O2. The van der Waals surface area contributed by atoms with Crippen molar-refractivity contribution in [2.24, 2.45) is 11.8 Å². The van der Waals surface area contributed by atoms with Gasteiger partial charge >= 0.3 is 0 Å². The summed E-state index contributed by atoms with van der Waals surface area (Å²) in [6.45, 7) is 11.6. The average Bonchev–Trinajstić information content (AvgIpc) is 3.08. The van der Waals surface area contributed by atoms with E-state index in [1.165, 1.54) is 0 Å². The number of amides is 1. The molecule has 0 aliphatic carbocycles. The third-order valence-corrected chi connectivity index (χ3v) is 5.34. The number of ether oxygens (including phenoxy) is 1. The van der Waals surface area contributed by atoms with E-state index in [0.717, 1.165) is 43.7 Å². The number of piperidine rings is 1. The Bertz CT molecular complexity index is 604. The predicted octanol–water partition coefficient (Wildman–Crippen LogP) is 2.39. The van der Waals surface area contributed by atoms with Crippen molar-refractivity contribution >= 4 is 5.91 Å². The summed E-state index contributed by atoms with van der Waals surface area (Å²) in [5.74, 6) is 0.462. The second kappa shape index (κ2) is 8.11. The van der Waals surface area contributed by atoms with Gasteiger partial charge in [-0.1, -0.05) is 25.1 Å². The van der Waals surface area contributed by atoms with Crippen molar-refractivity contribution in [1.82, 2.24) is 15.2 Å². The van der Waals surface area contributed by atoms with Crippen LogP contribution < -0.4 is 5.32 Å². The zero-order chi connectivity index (χ0) is 17.8. The van der Waals surface area contributed by atoms with Crippen LogP contribution in [0.5, 0.6) is 0 Å². The maximum atomic E-state index is 12.7. The van der Waals surface area contributed by atoms with Crippen LogP contribution >= 0.6 is 0 Å². The van der Waals surface area contributed by atoms with Crippen LogP contribution in [-0.4, -0.2) is 47.6 Å². The van der Waals surface area contributed by atoms with Crippen molar-refractivity contribution in [3.8, 4) is 0 Å². The average molecular weight is 343 g/mol. The number of nitrogens with zero attached hydrogens (tertiary/aromatic N) is 2. The van der Waals surface area contributed by atoms with Gasteiger partial charge in [0.05, 0.1) is 17.7 Å². The van der Waals surface area contributed by atoms with Crippen molar-refractivity contribution in [2.45, 2.75) is 45.4 Å². The van der Waals surface area contributed by atoms with E-state index < -0.39 is 0 Å². The van der Waals surface area contributed by atoms with E-state index in [0.29, 0.717) is 12.5 Å². The molecule has 3 heterocycles. The Morgan fingerprint density at radius 2 is 2.28 bits per heavy atom. The maximum absolute atomic E-state index is 12.7. The topological polar surface area (TPSA) is 54.5 Å². The molecule has 2 saturated heterocycles. The molecule has 4 atom stereocenters. The summed E-state index contributed by atoms with van der Waals surface area (Å²) >= 11 is 0. The van der Waals surface area contributed by atoms with Gasteiger partial charge in [0.2, 0.25) is 5.91 Å². The molecule has 0 radical (unpaired) electrons. The van der Waals surface area contributed by atoms with Crippen LogP contribution in [0.3, 0.4) is 0 Å². The minimum absolute atomic E-state index is 0.0868. The molecule has 1 aromatic heterocycles. The second-order valence-corrected chi connectivity index (χ2v) is 7.47. The molecule has 1 amide bonds. The summed E-state index contributed by atoms with van der Waals surface area (Å²) in [5, 5.41) is 3.28. The molecule has 5 heteroatoms. The minimum atomic E-state index is -0.125. The lowest BCUT2D eigenvalue weighted by Crippen LogP contribution is -2.51. The van der Waals surface area contributed by atoms with E-state index in [4.69, 9.17) is 4.74 Å². The number of nitrogens with one attached hydrogen (secondary N) is 1. The molecule has 1 aromatic rings. The van der Waals surface area contributed by atoms with E-state index in [2.05, 4.69) is 34.8 Å². The van der Waals surface area contributed by atoms with Gasteiger partial charge in [0, 0.05) is 38.5 Å². The Labute approximate surface area is 150 Å². The quantitative estimate of drug-likeness (QED) is 0.834. The summed E-state index contributed by atoms with van der Waals surface area (Å²) in [4.78, 5) is 19.5. The lowest BCUT2D eigenvalue weighted by molar-refractivity contribution is -0.127. The highest BCUT2D eigenvalue weighted by Gasteiger charge is 2.36. The Hall–Kier alpha value is -1.72. The number of likely N-dealkylation sites (tertiary alicyclic amines) is 1. The zero-order valence-electron chi connectivity index (χ0n) is 15.3. The molecule has 2 aliphatic heterocycles. The van der Waals surface area contributed by atoms with E-state index in [1.807, 2.05) is 25.3 Å². The van der Waals surface area contributed by atoms with Crippen molar-refractivity contribution in [3.63, 3.8) is 0 Å². The highest BCUT2D eigenvalue weighted by molar-refractivity contribution is 5.80. The van der Waals surface area contributed by atoms with E-state index >= 15 is 0 Å². The predicted molar refractivity (Wildman–Crippen MR) is 97.9 cm³/mol. The number of hydrogen-bond acceptors (Lipinski definition) is 4. The van der Waals surface area contributed by atoms with E-state index in [9.17, 15) is 4.79 Å². The monoisotopic (exact) mass is 343 g/mol. The maximum Gasteiger partial charge on any atom is 0.226 e. The van der Waals surface area contributed by atoms with Crippen LogP contribution in [0.4, 0.5) is 0 Å². The third-order valence-electron chi connectivity index (χ3n) is 5.34. The number of rotatable bonds is 5. The minimum Gasteiger partial charge on any atom is -0.373 e. The van der Waals surface area contributed by atoms with Crippen LogP contribution in [0.1, 0.15) is 32.4 Å². The number of hydrogen-bond donors (Lipinski definition) is 1. The number of pyridine rings is 1. The van der Waals surface area contributed by atoms with E-state index in [-0.39, 0.29) is 24.0 Å². The highest BCUT2D eigenvalue weighted by Crippen LogP contribution is 2.27. The summed E-state index contributed by atoms with van der Waals surface area (Å²) in [7, 11) is 0. The fourth-order valence-corrected chi connectivity index (χ4v) is 3.94. The fraction of sp³-hybridized carbons (Fsp3) is 0.600.